The summed E-state index contributed by atoms with van der Waals surface area (Å²) in [6, 6.07) is 4.06. The van der Waals surface area contributed by atoms with Gasteiger partial charge in [-0.05, 0) is 30.4 Å². The molecular weight excluding hydrogens is 248 g/mol. The standard InChI is InChI=1S/C18H24O2/c1-17(2)9-6-10-18(3)15(17)11-12-13(19-4)7-8-14(20-5)16(12)18/h7-8,11H,6,9-10H2,1-5H3/t18-/m0/s1. The van der Waals surface area contributed by atoms with Gasteiger partial charge in [-0.15, -0.1) is 0 Å². The van der Waals surface area contributed by atoms with E-state index in [1.807, 2.05) is 12.1 Å². The minimum absolute atomic E-state index is 0.0942. The molecule has 0 unspecified atom stereocenters. The molecule has 2 aliphatic carbocycles. The number of benzene rings is 1. The van der Waals surface area contributed by atoms with Gasteiger partial charge in [0, 0.05) is 16.5 Å². The molecule has 20 heavy (non-hydrogen) atoms. The van der Waals surface area contributed by atoms with Crippen molar-refractivity contribution in [3.05, 3.63) is 28.8 Å². The quantitative estimate of drug-likeness (QED) is 0.785. The van der Waals surface area contributed by atoms with Crippen molar-refractivity contribution in [2.24, 2.45) is 5.41 Å². The van der Waals surface area contributed by atoms with Gasteiger partial charge in [0.15, 0.2) is 0 Å². The molecule has 0 aromatic heterocycles. The van der Waals surface area contributed by atoms with E-state index in [9.17, 15) is 0 Å². The highest BCUT2D eigenvalue weighted by molar-refractivity contribution is 5.78. The first-order valence-corrected chi connectivity index (χ1v) is 7.42. The van der Waals surface area contributed by atoms with E-state index in [4.69, 9.17) is 9.47 Å². The van der Waals surface area contributed by atoms with Crippen molar-refractivity contribution in [2.45, 2.75) is 45.4 Å². The zero-order valence-electron chi connectivity index (χ0n) is 13.2. The predicted molar refractivity (Wildman–Crippen MR) is 82.5 cm³/mol. The highest BCUT2D eigenvalue weighted by atomic mass is 16.5. The molecule has 1 fully saturated rings. The van der Waals surface area contributed by atoms with Crippen molar-refractivity contribution >= 4 is 6.08 Å². The molecule has 3 rings (SSSR count). The second-order valence-electron chi connectivity index (χ2n) is 6.89. The summed E-state index contributed by atoms with van der Waals surface area (Å²) in [6.07, 6.45) is 6.07. The van der Waals surface area contributed by atoms with E-state index in [1.54, 1.807) is 14.2 Å². The first-order valence-electron chi connectivity index (χ1n) is 7.42. The van der Waals surface area contributed by atoms with Crippen LogP contribution in [0.4, 0.5) is 0 Å². The Bertz CT molecular complexity index is 583. The van der Waals surface area contributed by atoms with Crippen molar-refractivity contribution in [3.63, 3.8) is 0 Å². The molecule has 0 amide bonds. The fourth-order valence-corrected chi connectivity index (χ4v) is 4.30. The highest BCUT2D eigenvalue weighted by Crippen LogP contribution is 2.60. The molecule has 0 spiro atoms. The summed E-state index contributed by atoms with van der Waals surface area (Å²) < 4.78 is 11.2. The number of allylic oxidation sites excluding steroid dienone is 1. The topological polar surface area (TPSA) is 18.5 Å². The van der Waals surface area contributed by atoms with Gasteiger partial charge in [-0.1, -0.05) is 38.8 Å². The number of fused-ring (bicyclic) bond motifs is 3. The van der Waals surface area contributed by atoms with Crippen LogP contribution < -0.4 is 9.47 Å². The van der Waals surface area contributed by atoms with Crippen LogP contribution in [-0.4, -0.2) is 14.2 Å². The number of ether oxygens (including phenoxy) is 2. The molecule has 0 bridgehead atoms. The highest BCUT2D eigenvalue weighted by Gasteiger charge is 2.48. The lowest BCUT2D eigenvalue weighted by atomic mass is 9.60. The molecule has 0 saturated heterocycles. The lowest BCUT2D eigenvalue weighted by Gasteiger charge is -2.44. The second kappa shape index (κ2) is 4.28. The molecule has 1 atom stereocenters. The van der Waals surface area contributed by atoms with Gasteiger partial charge in [0.2, 0.25) is 0 Å². The number of hydrogen-bond donors (Lipinski definition) is 0. The monoisotopic (exact) mass is 272 g/mol. The van der Waals surface area contributed by atoms with E-state index in [-0.39, 0.29) is 10.8 Å². The normalized spacial score (nSPS) is 26.6. The molecule has 1 saturated carbocycles. The zero-order chi connectivity index (χ0) is 14.5. The molecule has 1 aromatic rings. The van der Waals surface area contributed by atoms with E-state index in [0.717, 1.165) is 11.5 Å². The van der Waals surface area contributed by atoms with E-state index in [0.29, 0.717) is 0 Å². The molecule has 0 heterocycles. The fraction of sp³-hybridized carbons (Fsp3) is 0.556. The van der Waals surface area contributed by atoms with Crippen LogP contribution in [-0.2, 0) is 5.41 Å². The first kappa shape index (κ1) is 13.5. The maximum Gasteiger partial charge on any atom is 0.126 e. The molecule has 0 N–H and O–H groups in total. The third-order valence-corrected chi connectivity index (χ3v) is 5.25. The molecule has 0 radical (unpaired) electrons. The van der Waals surface area contributed by atoms with Crippen LogP contribution in [0.3, 0.4) is 0 Å². The molecule has 2 aliphatic rings. The summed E-state index contributed by atoms with van der Waals surface area (Å²) in [5.74, 6) is 1.95. The summed E-state index contributed by atoms with van der Waals surface area (Å²) in [5, 5.41) is 0. The Morgan fingerprint density at radius 2 is 1.60 bits per heavy atom. The van der Waals surface area contributed by atoms with Crippen LogP contribution in [0.2, 0.25) is 0 Å². The summed E-state index contributed by atoms with van der Waals surface area (Å²) >= 11 is 0. The van der Waals surface area contributed by atoms with Gasteiger partial charge >= 0.3 is 0 Å². The van der Waals surface area contributed by atoms with Gasteiger partial charge in [0.1, 0.15) is 11.5 Å². The van der Waals surface area contributed by atoms with Gasteiger partial charge in [-0.3, -0.25) is 0 Å². The van der Waals surface area contributed by atoms with Gasteiger partial charge in [0.25, 0.3) is 0 Å². The van der Waals surface area contributed by atoms with Crippen molar-refractivity contribution in [3.8, 4) is 11.5 Å². The average Bonchev–Trinajstić information content (AvgIpc) is 2.73. The zero-order valence-corrected chi connectivity index (χ0v) is 13.2. The van der Waals surface area contributed by atoms with E-state index < -0.39 is 0 Å². The molecule has 1 aromatic carbocycles. The van der Waals surface area contributed by atoms with Crippen LogP contribution in [0.15, 0.2) is 17.7 Å². The lowest BCUT2D eigenvalue weighted by molar-refractivity contribution is 0.261. The Labute approximate surface area is 121 Å². The predicted octanol–water partition coefficient (Wildman–Crippen LogP) is 4.57. The smallest absolute Gasteiger partial charge is 0.126 e. The largest absolute Gasteiger partial charge is 0.496 e. The van der Waals surface area contributed by atoms with Gasteiger partial charge in [0.05, 0.1) is 14.2 Å². The average molecular weight is 272 g/mol. The van der Waals surface area contributed by atoms with Crippen molar-refractivity contribution in [2.75, 3.05) is 14.2 Å². The first-order chi connectivity index (χ1) is 9.44. The van der Waals surface area contributed by atoms with E-state index in [2.05, 4.69) is 26.8 Å². The Hall–Kier alpha value is -1.44. The SMILES string of the molecule is COc1ccc(OC)c2c1C=C1C(C)(C)CCC[C@@]12C. The summed E-state index contributed by atoms with van der Waals surface area (Å²) in [7, 11) is 3.51. The second-order valence-corrected chi connectivity index (χ2v) is 6.89. The van der Waals surface area contributed by atoms with Crippen LogP contribution in [0, 0.1) is 5.41 Å². The van der Waals surface area contributed by atoms with Crippen molar-refractivity contribution in [1.29, 1.82) is 0 Å². The van der Waals surface area contributed by atoms with Gasteiger partial charge < -0.3 is 9.47 Å². The lowest BCUT2D eigenvalue weighted by Crippen LogP contribution is -2.35. The van der Waals surface area contributed by atoms with Crippen molar-refractivity contribution < 1.29 is 9.47 Å². The van der Waals surface area contributed by atoms with Crippen LogP contribution in [0.5, 0.6) is 11.5 Å². The third kappa shape index (κ3) is 1.63. The molecule has 2 heteroatoms. The fourth-order valence-electron chi connectivity index (χ4n) is 4.30. The maximum atomic E-state index is 5.65. The molecule has 0 aliphatic heterocycles. The molecular formula is C18H24O2. The molecule has 2 nitrogen and oxygen atoms in total. The summed E-state index contributed by atoms with van der Waals surface area (Å²) in [4.78, 5) is 0. The summed E-state index contributed by atoms with van der Waals surface area (Å²) in [6.45, 7) is 7.09. The van der Waals surface area contributed by atoms with Gasteiger partial charge in [-0.25, -0.2) is 0 Å². The number of methoxy groups -OCH3 is 2. The number of rotatable bonds is 2. The summed E-state index contributed by atoms with van der Waals surface area (Å²) in [5.41, 5.74) is 4.43. The Morgan fingerprint density at radius 1 is 0.950 bits per heavy atom. The van der Waals surface area contributed by atoms with E-state index >= 15 is 0 Å². The van der Waals surface area contributed by atoms with Crippen LogP contribution in [0.25, 0.3) is 6.08 Å². The maximum absolute atomic E-state index is 5.65. The Morgan fingerprint density at radius 3 is 2.25 bits per heavy atom. The minimum Gasteiger partial charge on any atom is -0.496 e. The van der Waals surface area contributed by atoms with Crippen LogP contribution in [0.1, 0.15) is 51.2 Å². The van der Waals surface area contributed by atoms with E-state index in [1.165, 1.54) is 36.0 Å². The Kier molecular flexibility index (Phi) is 2.89. The minimum atomic E-state index is 0.0942. The third-order valence-electron chi connectivity index (χ3n) is 5.25. The molecule has 108 valence electrons. The van der Waals surface area contributed by atoms with Crippen LogP contribution >= 0.6 is 0 Å². The number of hydrogen-bond acceptors (Lipinski definition) is 2. The Balaban J connectivity index is 2.28. The van der Waals surface area contributed by atoms with Crippen molar-refractivity contribution in [1.82, 2.24) is 0 Å². The van der Waals surface area contributed by atoms with Gasteiger partial charge in [-0.2, -0.15) is 0 Å².